The van der Waals surface area contributed by atoms with Gasteiger partial charge in [-0.3, -0.25) is 9.59 Å². The number of thiazole rings is 1. The van der Waals surface area contributed by atoms with Crippen LogP contribution in [0.1, 0.15) is 55.9 Å². The topological polar surface area (TPSA) is 104 Å². The fourth-order valence-corrected chi connectivity index (χ4v) is 6.21. The molecule has 1 saturated heterocycles. The standard InChI is InChI=1S/C30H28FN5O3S/c1-18-26(27(35-39-18)19-5-3-2-4-6-19)30(38)36-13-10-20(11-14-36)29-34-25(17-40-29)28(37)32-12-9-21-16-33-24-8-7-22(31)15-23(21)24/h2-8,15-17,20,33H,9-14H2,1H3,(H,32,37). The number of benzene rings is 2. The van der Waals surface area contributed by atoms with Gasteiger partial charge in [0.1, 0.15) is 28.5 Å². The van der Waals surface area contributed by atoms with E-state index in [0.29, 0.717) is 48.8 Å². The molecule has 2 amide bonds. The van der Waals surface area contributed by atoms with Gasteiger partial charge in [-0.2, -0.15) is 0 Å². The summed E-state index contributed by atoms with van der Waals surface area (Å²) >= 11 is 1.48. The van der Waals surface area contributed by atoms with E-state index in [2.05, 4.69) is 20.4 Å². The molecule has 3 aromatic heterocycles. The lowest BCUT2D eigenvalue weighted by Crippen LogP contribution is -2.38. The number of likely N-dealkylation sites (tertiary alicyclic amines) is 1. The van der Waals surface area contributed by atoms with Crippen LogP contribution in [-0.2, 0) is 6.42 Å². The average Bonchev–Trinajstić information content (AvgIpc) is 3.72. The Kier molecular flexibility index (Phi) is 7.17. The largest absolute Gasteiger partial charge is 0.361 e. The fourth-order valence-electron chi connectivity index (χ4n) is 5.24. The van der Waals surface area contributed by atoms with E-state index in [4.69, 9.17) is 4.52 Å². The molecular weight excluding hydrogens is 529 g/mol. The zero-order valence-corrected chi connectivity index (χ0v) is 22.8. The Labute approximate surface area is 234 Å². The summed E-state index contributed by atoms with van der Waals surface area (Å²) < 4.78 is 19.0. The van der Waals surface area contributed by atoms with Crippen molar-refractivity contribution in [1.82, 2.24) is 25.3 Å². The van der Waals surface area contributed by atoms with Gasteiger partial charge in [0, 0.05) is 53.6 Å². The number of aromatic nitrogens is 3. The van der Waals surface area contributed by atoms with E-state index >= 15 is 0 Å². The van der Waals surface area contributed by atoms with Gasteiger partial charge in [0.05, 0.1) is 5.01 Å². The van der Waals surface area contributed by atoms with Crippen molar-refractivity contribution in [2.24, 2.45) is 0 Å². The van der Waals surface area contributed by atoms with Gasteiger partial charge in [0.2, 0.25) is 0 Å². The van der Waals surface area contributed by atoms with E-state index in [1.165, 1.54) is 23.5 Å². The summed E-state index contributed by atoms with van der Waals surface area (Å²) in [6.45, 7) is 3.37. The highest BCUT2D eigenvalue weighted by atomic mass is 32.1. The van der Waals surface area contributed by atoms with Crippen LogP contribution in [0.25, 0.3) is 22.2 Å². The maximum absolute atomic E-state index is 13.6. The van der Waals surface area contributed by atoms with E-state index in [1.807, 2.05) is 41.4 Å². The molecular formula is C30H28FN5O3S. The molecule has 0 bridgehead atoms. The lowest BCUT2D eigenvalue weighted by molar-refractivity contribution is 0.0711. The minimum atomic E-state index is -0.284. The smallest absolute Gasteiger partial charge is 0.270 e. The first kappa shape index (κ1) is 25.9. The number of carbonyl (C=O) groups excluding carboxylic acids is 2. The van der Waals surface area contributed by atoms with Gasteiger partial charge >= 0.3 is 0 Å². The van der Waals surface area contributed by atoms with Crippen molar-refractivity contribution < 1.29 is 18.5 Å². The Hall–Kier alpha value is -4.31. The summed E-state index contributed by atoms with van der Waals surface area (Å²) in [6.07, 6.45) is 3.96. The van der Waals surface area contributed by atoms with Gasteiger partial charge in [-0.25, -0.2) is 9.37 Å². The van der Waals surface area contributed by atoms with Crippen molar-refractivity contribution in [3.05, 3.63) is 93.5 Å². The second-order valence-corrected chi connectivity index (χ2v) is 10.9. The third-order valence-corrected chi connectivity index (χ3v) is 8.43. The molecule has 6 rings (SSSR count). The first-order valence-corrected chi connectivity index (χ1v) is 14.2. The van der Waals surface area contributed by atoms with Crippen molar-refractivity contribution in [1.29, 1.82) is 0 Å². The molecule has 0 aliphatic carbocycles. The summed E-state index contributed by atoms with van der Waals surface area (Å²) in [5, 5.41) is 10.6. The number of rotatable bonds is 7. The van der Waals surface area contributed by atoms with Crippen LogP contribution in [0.2, 0.25) is 0 Å². The number of amides is 2. The molecule has 10 heteroatoms. The van der Waals surface area contributed by atoms with Crippen LogP contribution in [0.4, 0.5) is 4.39 Å². The van der Waals surface area contributed by atoms with Gasteiger partial charge in [0.15, 0.2) is 0 Å². The van der Waals surface area contributed by atoms with Gasteiger partial charge in [-0.05, 0) is 49.9 Å². The predicted octanol–water partition coefficient (Wildman–Crippen LogP) is 5.72. The molecule has 204 valence electrons. The molecule has 5 aromatic rings. The van der Waals surface area contributed by atoms with E-state index in [9.17, 15) is 14.0 Å². The van der Waals surface area contributed by atoms with Crippen LogP contribution in [0.5, 0.6) is 0 Å². The Bertz CT molecular complexity index is 1670. The second kappa shape index (κ2) is 11.1. The first-order chi connectivity index (χ1) is 19.5. The van der Waals surface area contributed by atoms with Gasteiger partial charge in [0.25, 0.3) is 11.8 Å². The summed E-state index contributed by atoms with van der Waals surface area (Å²) in [5.74, 6) is 0.117. The molecule has 0 unspecified atom stereocenters. The van der Waals surface area contributed by atoms with Crippen molar-refractivity contribution in [2.45, 2.75) is 32.1 Å². The maximum atomic E-state index is 13.6. The fraction of sp³-hybridized carbons (Fsp3) is 0.267. The zero-order valence-electron chi connectivity index (χ0n) is 21.9. The number of hydrogen-bond acceptors (Lipinski definition) is 6. The van der Waals surface area contributed by atoms with Gasteiger partial charge in [-0.15, -0.1) is 11.3 Å². The lowest BCUT2D eigenvalue weighted by atomic mass is 9.96. The minimum Gasteiger partial charge on any atom is -0.361 e. The third-order valence-electron chi connectivity index (χ3n) is 7.42. The van der Waals surface area contributed by atoms with E-state index < -0.39 is 0 Å². The number of H-pyrrole nitrogens is 1. The van der Waals surface area contributed by atoms with Crippen LogP contribution in [-0.4, -0.2) is 51.5 Å². The molecule has 40 heavy (non-hydrogen) atoms. The summed E-state index contributed by atoms with van der Waals surface area (Å²) in [7, 11) is 0. The molecule has 2 N–H and O–H groups in total. The molecule has 0 spiro atoms. The molecule has 1 fully saturated rings. The molecule has 0 atom stereocenters. The number of aryl methyl sites for hydroxylation is 1. The maximum Gasteiger partial charge on any atom is 0.270 e. The molecule has 4 heterocycles. The predicted molar refractivity (Wildman–Crippen MR) is 151 cm³/mol. The Morgan fingerprint density at radius 3 is 2.77 bits per heavy atom. The zero-order chi connectivity index (χ0) is 27.6. The highest BCUT2D eigenvalue weighted by molar-refractivity contribution is 7.09. The van der Waals surface area contributed by atoms with Crippen molar-refractivity contribution >= 4 is 34.1 Å². The SMILES string of the molecule is Cc1onc(-c2ccccc2)c1C(=O)N1CCC(c2nc(C(=O)NCCc3c[nH]c4ccc(F)cc34)cs2)CC1. The number of halogens is 1. The lowest BCUT2D eigenvalue weighted by Gasteiger charge is -2.31. The Morgan fingerprint density at radius 2 is 1.98 bits per heavy atom. The molecule has 8 nitrogen and oxygen atoms in total. The van der Waals surface area contributed by atoms with Crippen LogP contribution in [0.15, 0.2) is 64.6 Å². The quantitative estimate of drug-likeness (QED) is 0.266. The van der Waals surface area contributed by atoms with Crippen LogP contribution in [0.3, 0.4) is 0 Å². The molecule has 0 radical (unpaired) electrons. The number of fused-ring (bicyclic) bond motifs is 1. The monoisotopic (exact) mass is 557 g/mol. The number of piperidine rings is 1. The summed E-state index contributed by atoms with van der Waals surface area (Å²) in [5.41, 5.74) is 4.14. The van der Waals surface area contributed by atoms with Crippen molar-refractivity contribution in [2.75, 3.05) is 19.6 Å². The summed E-state index contributed by atoms with van der Waals surface area (Å²) in [6, 6.07) is 14.2. The molecule has 1 aliphatic rings. The highest BCUT2D eigenvalue weighted by Crippen LogP contribution is 2.33. The van der Waals surface area contributed by atoms with Crippen molar-refractivity contribution in [3.8, 4) is 11.3 Å². The number of hydrogen-bond donors (Lipinski definition) is 2. The van der Waals surface area contributed by atoms with E-state index in [-0.39, 0.29) is 23.5 Å². The molecule has 1 aliphatic heterocycles. The highest BCUT2D eigenvalue weighted by Gasteiger charge is 2.31. The van der Waals surface area contributed by atoms with Crippen LogP contribution in [0, 0.1) is 12.7 Å². The average molecular weight is 558 g/mol. The van der Waals surface area contributed by atoms with Gasteiger partial charge < -0.3 is 19.7 Å². The minimum absolute atomic E-state index is 0.0757. The molecule has 0 saturated carbocycles. The van der Waals surface area contributed by atoms with Crippen molar-refractivity contribution in [3.63, 3.8) is 0 Å². The second-order valence-electron chi connectivity index (χ2n) is 9.98. The number of nitrogens with one attached hydrogen (secondary N) is 2. The van der Waals surface area contributed by atoms with Crippen LogP contribution >= 0.6 is 11.3 Å². The van der Waals surface area contributed by atoms with Gasteiger partial charge in [-0.1, -0.05) is 35.5 Å². The number of carbonyl (C=O) groups is 2. The number of aromatic amines is 1. The Morgan fingerprint density at radius 1 is 1.18 bits per heavy atom. The van der Waals surface area contributed by atoms with Crippen LogP contribution < -0.4 is 5.32 Å². The molecule has 2 aromatic carbocycles. The first-order valence-electron chi connectivity index (χ1n) is 13.3. The normalized spacial score (nSPS) is 14.1. The third kappa shape index (κ3) is 5.14. The summed E-state index contributed by atoms with van der Waals surface area (Å²) in [4.78, 5) is 35.8. The Balaban J connectivity index is 1.04. The van der Waals surface area contributed by atoms with E-state index in [0.717, 1.165) is 39.9 Å². The van der Waals surface area contributed by atoms with E-state index in [1.54, 1.807) is 18.4 Å². The number of nitrogens with zero attached hydrogens (tertiary/aromatic N) is 3.